The summed E-state index contributed by atoms with van der Waals surface area (Å²) in [7, 11) is 1.78. The molecule has 1 aromatic carbocycles. The third-order valence-electron chi connectivity index (χ3n) is 3.64. The van der Waals surface area contributed by atoms with Crippen molar-refractivity contribution in [1.29, 1.82) is 0 Å². The van der Waals surface area contributed by atoms with E-state index in [4.69, 9.17) is 4.74 Å². The van der Waals surface area contributed by atoms with Gasteiger partial charge in [0.1, 0.15) is 5.75 Å². The summed E-state index contributed by atoms with van der Waals surface area (Å²) >= 11 is 0. The predicted octanol–water partition coefficient (Wildman–Crippen LogP) is 2.56. The van der Waals surface area contributed by atoms with E-state index in [9.17, 15) is 5.11 Å². The van der Waals surface area contributed by atoms with Crippen LogP contribution in [0, 0.1) is 0 Å². The second-order valence-electron chi connectivity index (χ2n) is 4.77. The number of hydrogen-bond donors (Lipinski definition) is 1. The van der Waals surface area contributed by atoms with Gasteiger partial charge in [0.2, 0.25) is 0 Å². The first-order valence-corrected chi connectivity index (χ1v) is 6.26. The van der Waals surface area contributed by atoms with Crippen LogP contribution in [0.3, 0.4) is 0 Å². The van der Waals surface area contributed by atoms with E-state index < -0.39 is 0 Å². The van der Waals surface area contributed by atoms with Crippen molar-refractivity contribution in [3.63, 3.8) is 0 Å². The summed E-state index contributed by atoms with van der Waals surface area (Å²) in [5, 5.41) is 9.52. The van der Waals surface area contributed by atoms with Crippen LogP contribution < -0.4 is 0 Å². The van der Waals surface area contributed by atoms with Crippen molar-refractivity contribution in [3.8, 4) is 5.75 Å². The Kier molecular flexibility index (Phi) is 4.02. The average molecular weight is 235 g/mol. The van der Waals surface area contributed by atoms with Gasteiger partial charge < -0.3 is 9.84 Å². The average Bonchev–Trinajstić information content (AvgIpc) is 2.38. The van der Waals surface area contributed by atoms with Crippen molar-refractivity contribution in [3.05, 3.63) is 29.8 Å². The molecule has 0 bridgehead atoms. The maximum Gasteiger partial charge on any atom is 0.115 e. The lowest BCUT2D eigenvalue weighted by Gasteiger charge is -2.36. The number of phenolic OH excluding ortho intramolecular Hbond substituents is 1. The minimum atomic E-state index is 0.333. The summed E-state index contributed by atoms with van der Waals surface area (Å²) in [6, 6.07) is 7.87. The number of benzene rings is 1. The third-order valence-corrected chi connectivity index (χ3v) is 3.64. The summed E-state index contributed by atoms with van der Waals surface area (Å²) in [5.74, 6) is 0.342. The predicted molar refractivity (Wildman–Crippen MR) is 68.1 cm³/mol. The zero-order chi connectivity index (χ0) is 12.3. The SMILES string of the molecule is COC1CCCN(C(C)c2cccc(O)c2)C1. The molecule has 2 unspecified atom stereocenters. The van der Waals surface area contributed by atoms with Crippen molar-refractivity contribution in [2.75, 3.05) is 20.2 Å². The molecule has 0 aliphatic carbocycles. The Balaban J connectivity index is 2.06. The molecule has 1 aromatic rings. The van der Waals surface area contributed by atoms with E-state index in [-0.39, 0.29) is 0 Å². The summed E-state index contributed by atoms with van der Waals surface area (Å²) in [6.07, 6.45) is 2.69. The van der Waals surface area contributed by atoms with E-state index in [2.05, 4.69) is 17.9 Å². The van der Waals surface area contributed by atoms with E-state index in [0.29, 0.717) is 17.9 Å². The topological polar surface area (TPSA) is 32.7 Å². The molecule has 94 valence electrons. The minimum Gasteiger partial charge on any atom is -0.508 e. The van der Waals surface area contributed by atoms with Gasteiger partial charge >= 0.3 is 0 Å². The first kappa shape index (κ1) is 12.4. The van der Waals surface area contributed by atoms with Gasteiger partial charge in [-0.2, -0.15) is 0 Å². The highest BCUT2D eigenvalue weighted by molar-refractivity contribution is 5.29. The fourth-order valence-corrected chi connectivity index (χ4v) is 2.51. The van der Waals surface area contributed by atoms with Crippen LogP contribution in [0.5, 0.6) is 5.75 Å². The van der Waals surface area contributed by atoms with Crippen LogP contribution in [0.2, 0.25) is 0 Å². The van der Waals surface area contributed by atoms with Gasteiger partial charge in [0.25, 0.3) is 0 Å². The Morgan fingerprint density at radius 2 is 2.29 bits per heavy atom. The molecule has 1 heterocycles. The first-order valence-electron chi connectivity index (χ1n) is 6.26. The summed E-state index contributed by atoms with van der Waals surface area (Å²) in [6.45, 7) is 4.27. The highest BCUT2D eigenvalue weighted by atomic mass is 16.5. The molecule has 0 spiro atoms. The molecule has 0 aromatic heterocycles. The summed E-state index contributed by atoms with van der Waals surface area (Å²) < 4.78 is 5.44. The van der Waals surface area contributed by atoms with Gasteiger partial charge in [-0.15, -0.1) is 0 Å². The maximum atomic E-state index is 9.52. The van der Waals surface area contributed by atoms with Crippen LogP contribution in [0.15, 0.2) is 24.3 Å². The molecule has 17 heavy (non-hydrogen) atoms. The fraction of sp³-hybridized carbons (Fsp3) is 0.571. The number of phenols is 1. The van der Waals surface area contributed by atoms with Gasteiger partial charge in [-0.25, -0.2) is 0 Å². The molecule has 3 heteroatoms. The molecule has 1 saturated heterocycles. The molecule has 0 radical (unpaired) electrons. The number of ether oxygens (including phenoxy) is 1. The summed E-state index contributed by atoms with van der Waals surface area (Å²) in [4.78, 5) is 2.42. The van der Waals surface area contributed by atoms with Gasteiger partial charge in [0.05, 0.1) is 6.10 Å². The number of nitrogens with zero attached hydrogens (tertiary/aromatic N) is 1. The Bertz CT molecular complexity index is 367. The molecule has 0 saturated carbocycles. The highest BCUT2D eigenvalue weighted by Gasteiger charge is 2.24. The third kappa shape index (κ3) is 2.99. The zero-order valence-electron chi connectivity index (χ0n) is 10.6. The van der Waals surface area contributed by atoms with E-state index in [1.165, 1.54) is 12.0 Å². The maximum absolute atomic E-state index is 9.52. The second-order valence-corrected chi connectivity index (χ2v) is 4.77. The Labute approximate surface area is 103 Å². The summed E-state index contributed by atoms with van der Waals surface area (Å²) in [5.41, 5.74) is 1.17. The quantitative estimate of drug-likeness (QED) is 0.874. The van der Waals surface area contributed by atoms with E-state index in [1.54, 1.807) is 13.2 Å². The zero-order valence-corrected chi connectivity index (χ0v) is 10.6. The smallest absolute Gasteiger partial charge is 0.115 e. The molecular formula is C14H21NO2. The van der Waals surface area contributed by atoms with Gasteiger partial charge in [-0.3, -0.25) is 4.90 Å². The van der Waals surface area contributed by atoms with Crippen LogP contribution >= 0.6 is 0 Å². The molecule has 0 amide bonds. The van der Waals surface area contributed by atoms with Crippen LogP contribution in [-0.2, 0) is 4.74 Å². The largest absolute Gasteiger partial charge is 0.508 e. The van der Waals surface area contributed by atoms with Gasteiger partial charge in [-0.05, 0) is 44.0 Å². The number of rotatable bonds is 3. The second kappa shape index (κ2) is 5.52. The Morgan fingerprint density at radius 1 is 1.47 bits per heavy atom. The lowest BCUT2D eigenvalue weighted by molar-refractivity contribution is 0.0171. The molecule has 1 fully saturated rings. The normalized spacial score (nSPS) is 23.5. The molecule has 3 nitrogen and oxygen atoms in total. The van der Waals surface area contributed by atoms with Crippen LogP contribution in [0.1, 0.15) is 31.4 Å². The molecule has 2 rings (SSSR count). The van der Waals surface area contributed by atoms with Gasteiger partial charge in [0, 0.05) is 19.7 Å². The number of hydrogen-bond acceptors (Lipinski definition) is 3. The van der Waals surface area contributed by atoms with Crippen LogP contribution in [0.25, 0.3) is 0 Å². The molecule has 2 atom stereocenters. The van der Waals surface area contributed by atoms with E-state index in [1.807, 2.05) is 12.1 Å². The number of likely N-dealkylation sites (tertiary alicyclic amines) is 1. The van der Waals surface area contributed by atoms with Gasteiger partial charge in [0.15, 0.2) is 0 Å². The van der Waals surface area contributed by atoms with Crippen LogP contribution in [0.4, 0.5) is 0 Å². The van der Waals surface area contributed by atoms with E-state index >= 15 is 0 Å². The lowest BCUT2D eigenvalue weighted by atomic mass is 10.0. The molecular weight excluding hydrogens is 214 g/mol. The van der Waals surface area contributed by atoms with Crippen molar-refractivity contribution in [1.82, 2.24) is 4.90 Å². The number of aromatic hydroxyl groups is 1. The van der Waals surface area contributed by atoms with Crippen molar-refractivity contribution in [2.24, 2.45) is 0 Å². The van der Waals surface area contributed by atoms with E-state index in [0.717, 1.165) is 19.5 Å². The van der Waals surface area contributed by atoms with Gasteiger partial charge in [-0.1, -0.05) is 12.1 Å². The lowest BCUT2D eigenvalue weighted by Crippen LogP contribution is -2.40. The minimum absolute atomic E-state index is 0.333. The first-order chi connectivity index (χ1) is 8.20. The van der Waals surface area contributed by atoms with Crippen molar-refractivity contribution >= 4 is 0 Å². The number of piperidine rings is 1. The van der Waals surface area contributed by atoms with Crippen molar-refractivity contribution in [2.45, 2.75) is 31.9 Å². The molecule has 1 N–H and O–H groups in total. The standard InChI is InChI=1S/C14H21NO2/c1-11(12-5-3-6-13(16)9-12)15-8-4-7-14(10-15)17-2/h3,5-6,9,11,14,16H,4,7-8,10H2,1-2H3. The van der Waals surface area contributed by atoms with Crippen molar-refractivity contribution < 1.29 is 9.84 Å². The highest BCUT2D eigenvalue weighted by Crippen LogP contribution is 2.26. The molecule has 1 aliphatic heterocycles. The fourth-order valence-electron chi connectivity index (χ4n) is 2.51. The Hall–Kier alpha value is -1.06. The Morgan fingerprint density at radius 3 is 3.00 bits per heavy atom. The van der Waals surface area contributed by atoms with Crippen LogP contribution in [-0.4, -0.2) is 36.3 Å². The molecule has 1 aliphatic rings. The monoisotopic (exact) mass is 235 g/mol. The number of methoxy groups -OCH3 is 1.